The molecule has 12 heavy (non-hydrogen) atoms. The van der Waals surface area contributed by atoms with Gasteiger partial charge in [-0.1, -0.05) is 24.8 Å². The second-order valence-corrected chi connectivity index (χ2v) is 9.07. The second-order valence-electron chi connectivity index (χ2n) is 3.99. The van der Waals surface area contributed by atoms with E-state index in [4.69, 9.17) is 0 Å². The van der Waals surface area contributed by atoms with Crippen molar-refractivity contribution in [2.24, 2.45) is 0 Å². The minimum Gasteiger partial charge on any atom is -0.508 e. The number of hydrogen-bond donors (Lipinski definition) is 2. The standard InChI is InChI=1S/C9H14O2Si/c1-12(2,3)9-5-7(10)4-8(11)6-9/h4-6,10-11H,1-3H3. The van der Waals surface area contributed by atoms with E-state index in [9.17, 15) is 10.2 Å². The zero-order valence-corrected chi connectivity index (χ0v) is 8.63. The lowest BCUT2D eigenvalue weighted by Crippen LogP contribution is -2.37. The Balaban J connectivity index is 3.18. The predicted molar refractivity (Wildman–Crippen MR) is 52.8 cm³/mol. The lowest BCUT2D eigenvalue weighted by atomic mass is 10.3. The van der Waals surface area contributed by atoms with E-state index in [0.717, 1.165) is 5.19 Å². The van der Waals surface area contributed by atoms with E-state index in [-0.39, 0.29) is 11.5 Å². The van der Waals surface area contributed by atoms with Gasteiger partial charge in [-0.2, -0.15) is 0 Å². The molecule has 0 aliphatic carbocycles. The largest absolute Gasteiger partial charge is 0.508 e. The van der Waals surface area contributed by atoms with Crippen LogP contribution in [-0.4, -0.2) is 18.3 Å². The van der Waals surface area contributed by atoms with E-state index in [2.05, 4.69) is 19.6 Å². The SMILES string of the molecule is C[Si](C)(C)c1cc(O)cc(O)c1. The fraction of sp³-hybridized carbons (Fsp3) is 0.333. The molecule has 0 radical (unpaired) electrons. The van der Waals surface area contributed by atoms with Crippen molar-refractivity contribution in [1.29, 1.82) is 0 Å². The maximum atomic E-state index is 9.22. The molecule has 0 spiro atoms. The summed E-state index contributed by atoms with van der Waals surface area (Å²) < 4.78 is 0. The van der Waals surface area contributed by atoms with Crippen molar-refractivity contribution in [3.63, 3.8) is 0 Å². The highest BCUT2D eigenvalue weighted by atomic mass is 28.3. The third-order valence-corrected chi connectivity index (χ3v) is 3.79. The van der Waals surface area contributed by atoms with Gasteiger partial charge in [0.05, 0.1) is 8.07 Å². The molecular weight excluding hydrogens is 168 g/mol. The summed E-state index contributed by atoms with van der Waals surface area (Å²) in [6.07, 6.45) is 0. The third-order valence-electron chi connectivity index (χ3n) is 1.77. The van der Waals surface area contributed by atoms with Crippen molar-refractivity contribution in [2.45, 2.75) is 19.6 Å². The molecule has 0 unspecified atom stereocenters. The molecule has 0 saturated heterocycles. The second kappa shape index (κ2) is 2.82. The maximum Gasteiger partial charge on any atom is 0.119 e. The van der Waals surface area contributed by atoms with Gasteiger partial charge in [-0.3, -0.25) is 0 Å². The molecule has 1 aromatic rings. The van der Waals surface area contributed by atoms with Crippen LogP contribution in [0.3, 0.4) is 0 Å². The number of phenols is 2. The van der Waals surface area contributed by atoms with Gasteiger partial charge < -0.3 is 10.2 Å². The summed E-state index contributed by atoms with van der Waals surface area (Å²) in [5.41, 5.74) is 0. The summed E-state index contributed by atoms with van der Waals surface area (Å²) in [6, 6.07) is 4.81. The van der Waals surface area contributed by atoms with Crippen LogP contribution >= 0.6 is 0 Å². The Morgan fingerprint density at radius 2 is 1.33 bits per heavy atom. The van der Waals surface area contributed by atoms with Crippen molar-refractivity contribution < 1.29 is 10.2 Å². The highest BCUT2D eigenvalue weighted by Gasteiger charge is 2.17. The Morgan fingerprint density at radius 3 is 1.67 bits per heavy atom. The first kappa shape index (κ1) is 9.13. The summed E-state index contributed by atoms with van der Waals surface area (Å²) in [7, 11) is -1.42. The molecule has 0 atom stereocenters. The van der Waals surface area contributed by atoms with Crippen LogP contribution in [0, 0.1) is 0 Å². The number of benzene rings is 1. The molecule has 66 valence electrons. The molecule has 0 fully saturated rings. The summed E-state index contributed by atoms with van der Waals surface area (Å²) in [5, 5.41) is 19.5. The molecule has 0 aliphatic heterocycles. The summed E-state index contributed by atoms with van der Waals surface area (Å²) in [6.45, 7) is 6.50. The van der Waals surface area contributed by atoms with Gasteiger partial charge in [0.25, 0.3) is 0 Å². The van der Waals surface area contributed by atoms with E-state index in [1.54, 1.807) is 12.1 Å². The van der Waals surface area contributed by atoms with Crippen LogP contribution in [0.15, 0.2) is 18.2 Å². The van der Waals surface area contributed by atoms with Gasteiger partial charge >= 0.3 is 0 Å². The summed E-state index contributed by atoms with van der Waals surface area (Å²) in [4.78, 5) is 0. The predicted octanol–water partition coefficient (Wildman–Crippen LogP) is 1.64. The highest BCUT2D eigenvalue weighted by molar-refractivity contribution is 6.88. The third kappa shape index (κ3) is 2.01. The van der Waals surface area contributed by atoms with Crippen molar-refractivity contribution in [2.75, 3.05) is 0 Å². The first-order valence-electron chi connectivity index (χ1n) is 3.93. The van der Waals surface area contributed by atoms with E-state index in [1.807, 2.05) is 0 Å². The fourth-order valence-electron chi connectivity index (χ4n) is 1.03. The molecule has 1 rings (SSSR count). The van der Waals surface area contributed by atoms with Crippen LogP contribution in [-0.2, 0) is 0 Å². The van der Waals surface area contributed by atoms with E-state index in [1.165, 1.54) is 6.07 Å². The number of phenolic OH excluding ortho intramolecular Hbond substituents is 2. The monoisotopic (exact) mass is 182 g/mol. The van der Waals surface area contributed by atoms with Gasteiger partial charge in [0, 0.05) is 6.07 Å². The van der Waals surface area contributed by atoms with Crippen LogP contribution < -0.4 is 5.19 Å². The number of rotatable bonds is 1. The summed E-state index contributed by atoms with van der Waals surface area (Å²) >= 11 is 0. The Labute approximate surface area is 73.5 Å². The van der Waals surface area contributed by atoms with Crippen molar-refractivity contribution in [3.05, 3.63) is 18.2 Å². The topological polar surface area (TPSA) is 40.5 Å². The zero-order chi connectivity index (χ0) is 9.35. The maximum absolute atomic E-state index is 9.22. The molecule has 1 aromatic carbocycles. The zero-order valence-electron chi connectivity index (χ0n) is 7.63. The van der Waals surface area contributed by atoms with Crippen molar-refractivity contribution in [1.82, 2.24) is 0 Å². The van der Waals surface area contributed by atoms with Gasteiger partial charge in [0.2, 0.25) is 0 Å². The molecule has 0 aromatic heterocycles. The van der Waals surface area contributed by atoms with Crippen molar-refractivity contribution >= 4 is 13.3 Å². The molecule has 0 bridgehead atoms. The molecule has 2 nitrogen and oxygen atoms in total. The Hall–Kier alpha value is -0.963. The molecule has 0 heterocycles. The fourth-order valence-corrected chi connectivity index (χ4v) is 2.19. The van der Waals surface area contributed by atoms with Crippen LogP contribution in [0.2, 0.25) is 19.6 Å². The van der Waals surface area contributed by atoms with Gasteiger partial charge in [0.15, 0.2) is 0 Å². The minimum absolute atomic E-state index is 0.146. The van der Waals surface area contributed by atoms with E-state index in [0.29, 0.717) is 0 Å². The van der Waals surface area contributed by atoms with Gasteiger partial charge in [0.1, 0.15) is 11.5 Å². The Bertz CT molecular complexity index is 269. The first-order valence-corrected chi connectivity index (χ1v) is 7.43. The van der Waals surface area contributed by atoms with Crippen LogP contribution in [0.1, 0.15) is 0 Å². The van der Waals surface area contributed by atoms with E-state index < -0.39 is 8.07 Å². The molecule has 3 heteroatoms. The Morgan fingerprint density at radius 1 is 0.917 bits per heavy atom. The molecule has 0 amide bonds. The van der Waals surface area contributed by atoms with Crippen LogP contribution in [0.5, 0.6) is 11.5 Å². The Kier molecular flexibility index (Phi) is 2.15. The van der Waals surface area contributed by atoms with Crippen LogP contribution in [0.4, 0.5) is 0 Å². The van der Waals surface area contributed by atoms with Gasteiger partial charge in [-0.05, 0) is 12.1 Å². The lowest BCUT2D eigenvalue weighted by Gasteiger charge is -2.16. The van der Waals surface area contributed by atoms with E-state index >= 15 is 0 Å². The molecular formula is C9H14O2Si. The van der Waals surface area contributed by atoms with Crippen LogP contribution in [0.25, 0.3) is 0 Å². The first-order chi connectivity index (χ1) is 5.39. The average Bonchev–Trinajstić information content (AvgIpc) is 1.82. The smallest absolute Gasteiger partial charge is 0.119 e. The van der Waals surface area contributed by atoms with Gasteiger partial charge in [-0.15, -0.1) is 0 Å². The number of aromatic hydroxyl groups is 2. The quantitative estimate of drug-likeness (QED) is 0.648. The molecule has 0 aliphatic rings. The normalized spacial score (nSPS) is 11.6. The number of hydrogen-bond acceptors (Lipinski definition) is 2. The molecule has 0 saturated carbocycles. The highest BCUT2D eigenvalue weighted by Crippen LogP contribution is 2.17. The summed E-state index contributed by atoms with van der Waals surface area (Å²) in [5.74, 6) is 0.292. The average molecular weight is 182 g/mol. The molecule has 2 N–H and O–H groups in total. The lowest BCUT2D eigenvalue weighted by molar-refractivity contribution is 0.451. The minimum atomic E-state index is -1.42. The van der Waals surface area contributed by atoms with Gasteiger partial charge in [-0.25, -0.2) is 0 Å². The van der Waals surface area contributed by atoms with Crippen molar-refractivity contribution in [3.8, 4) is 11.5 Å².